The lowest BCUT2D eigenvalue weighted by Gasteiger charge is -2.24. The van der Waals surface area contributed by atoms with Crippen LogP contribution in [0.1, 0.15) is 52.9 Å². The van der Waals surface area contributed by atoms with E-state index in [1.54, 1.807) is 0 Å². The zero-order chi connectivity index (χ0) is 11.3. The average Bonchev–Trinajstić information content (AvgIpc) is 2.52. The number of rotatable bonds is 6. The van der Waals surface area contributed by atoms with Gasteiger partial charge in [-0.25, -0.2) is 0 Å². The van der Waals surface area contributed by atoms with Gasteiger partial charge in [0.1, 0.15) is 0 Å². The van der Waals surface area contributed by atoms with Gasteiger partial charge in [-0.05, 0) is 31.7 Å². The normalized spacial score (nSPS) is 27.8. The molecular formula is C13H27NO. The first-order valence-electron chi connectivity index (χ1n) is 6.55. The van der Waals surface area contributed by atoms with E-state index in [2.05, 4.69) is 25.7 Å². The molecule has 0 unspecified atom stereocenters. The van der Waals surface area contributed by atoms with E-state index >= 15 is 0 Å². The first-order valence-corrected chi connectivity index (χ1v) is 6.55. The second kappa shape index (κ2) is 6.49. The highest BCUT2D eigenvalue weighted by Crippen LogP contribution is 2.23. The summed E-state index contributed by atoms with van der Waals surface area (Å²) in [6, 6.07) is 0.652. The van der Waals surface area contributed by atoms with Gasteiger partial charge < -0.3 is 5.11 Å². The largest absolute Gasteiger partial charge is 0.392 e. The van der Waals surface area contributed by atoms with Crippen molar-refractivity contribution in [3.8, 4) is 0 Å². The number of nitrogens with zero attached hydrogens (tertiary/aromatic N) is 1. The smallest absolute Gasteiger partial charge is 0.0682 e. The zero-order valence-corrected chi connectivity index (χ0v) is 10.6. The van der Waals surface area contributed by atoms with Gasteiger partial charge in [0, 0.05) is 12.6 Å². The Hall–Kier alpha value is -0.0800. The Kier molecular flexibility index (Phi) is 5.62. The number of hydrogen-bond acceptors (Lipinski definition) is 2. The van der Waals surface area contributed by atoms with Gasteiger partial charge in [0.05, 0.1) is 6.10 Å². The Morgan fingerprint density at radius 1 is 1.40 bits per heavy atom. The summed E-state index contributed by atoms with van der Waals surface area (Å²) in [4.78, 5) is 2.50. The van der Waals surface area contributed by atoms with Crippen LogP contribution < -0.4 is 0 Å². The summed E-state index contributed by atoms with van der Waals surface area (Å²) in [5, 5.41) is 9.69. The van der Waals surface area contributed by atoms with Crippen LogP contribution in [0.2, 0.25) is 0 Å². The van der Waals surface area contributed by atoms with Gasteiger partial charge in [0.25, 0.3) is 0 Å². The Morgan fingerprint density at radius 2 is 2.13 bits per heavy atom. The molecule has 2 nitrogen and oxygen atoms in total. The molecule has 1 rings (SSSR count). The molecule has 15 heavy (non-hydrogen) atoms. The Bertz CT molecular complexity index is 170. The van der Waals surface area contributed by atoms with Crippen LogP contribution in [-0.2, 0) is 0 Å². The lowest BCUT2D eigenvalue weighted by Crippen LogP contribution is -2.31. The highest BCUT2D eigenvalue weighted by atomic mass is 16.3. The molecule has 0 aromatic rings. The third kappa shape index (κ3) is 4.52. The summed E-state index contributed by atoms with van der Waals surface area (Å²) >= 11 is 0. The molecule has 1 aliphatic rings. The summed E-state index contributed by atoms with van der Waals surface area (Å²) in [7, 11) is 0. The molecule has 0 saturated carbocycles. The summed E-state index contributed by atoms with van der Waals surface area (Å²) in [5.74, 6) is 0.773. The van der Waals surface area contributed by atoms with Crippen LogP contribution in [0.3, 0.4) is 0 Å². The summed E-state index contributed by atoms with van der Waals surface area (Å²) in [6.45, 7) is 8.86. The first-order chi connectivity index (χ1) is 7.13. The molecule has 0 aliphatic carbocycles. The number of β-amino-alcohol motifs (C(OH)–C–C–N with tert-alkyl or cyclic N) is 1. The molecule has 0 aromatic heterocycles. The fourth-order valence-electron chi connectivity index (χ4n) is 2.40. The molecule has 1 saturated heterocycles. The zero-order valence-electron chi connectivity index (χ0n) is 10.6. The number of hydrogen-bond donors (Lipinski definition) is 1. The first kappa shape index (κ1) is 13.0. The maximum absolute atomic E-state index is 9.69. The monoisotopic (exact) mass is 213 g/mol. The molecule has 0 amide bonds. The van der Waals surface area contributed by atoms with Crippen LogP contribution in [0.25, 0.3) is 0 Å². The molecule has 90 valence electrons. The van der Waals surface area contributed by atoms with Crippen LogP contribution in [0, 0.1) is 5.92 Å². The van der Waals surface area contributed by atoms with Crippen LogP contribution >= 0.6 is 0 Å². The van der Waals surface area contributed by atoms with Gasteiger partial charge in [-0.2, -0.15) is 0 Å². The second-order valence-electron chi connectivity index (χ2n) is 5.36. The number of aliphatic hydroxyl groups is 1. The Labute approximate surface area is 94.7 Å². The van der Waals surface area contributed by atoms with Gasteiger partial charge >= 0.3 is 0 Å². The topological polar surface area (TPSA) is 23.5 Å². The van der Waals surface area contributed by atoms with Crippen LogP contribution in [-0.4, -0.2) is 35.2 Å². The molecular weight excluding hydrogens is 186 g/mol. The minimum atomic E-state index is -0.0704. The molecule has 2 heteroatoms. The SMILES string of the molecule is CCCC[C@H]1C[C@@H](O)CN1CCC(C)C. The predicted molar refractivity (Wildman–Crippen MR) is 65.0 cm³/mol. The van der Waals surface area contributed by atoms with Crippen LogP contribution in [0.15, 0.2) is 0 Å². The third-order valence-electron chi connectivity index (χ3n) is 3.39. The van der Waals surface area contributed by atoms with E-state index in [0.717, 1.165) is 18.9 Å². The van der Waals surface area contributed by atoms with Crippen molar-refractivity contribution in [2.75, 3.05) is 13.1 Å². The number of aliphatic hydroxyl groups excluding tert-OH is 1. The van der Waals surface area contributed by atoms with Crippen molar-refractivity contribution in [1.29, 1.82) is 0 Å². The van der Waals surface area contributed by atoms with Gasteiger partial charge in [0.15, 0.2) is 0 Å². The average molecular weight is 213 g/mol. The van der Waals surface area contributed by atoms with E-state index in [1.807, 2.05) is 0 Å². The van der Waals surface area contributed by atoms with E-state index in [9.17, 15) is 5.11 Å². The van der Waals surface area contributed by atoms with Crippen molar-refractivity contribution in [3.63, 3.8) is 0 Å². The Morgan fingerprint density at radius 3 is 2.73 bits per heavy atom. The van der Waals surface area contributed by atoms with Crippen molar-refractivity contribution >= 4 is 0 Å². The van der Waals surface area contributed by atoms with Gasteiger partial charge in [-0.1, -0.05) is 33.6 Å². The molecule has 0 spiro atoms. The molecule has 1 fully saturated rings. The van der Waals surface area contributed by atoms with E-state index in [4.69, 9.17) is 0 Å². The number of unbranched alkanes of at least 4 members (excludes halogenated alkanes) is 1. The molecule has 1 aliphatic heterocycles. The summed E-state index contributed by atoms with van der Waals surface area (Å²) < 4.78 is 0. The van der Waals surface area contributed by atoms with Crippen molar-refractivity contribution in [3.05, 3.63) is 0 Å². The van der Waals surface area contributed by atoms with Crippen molar-refractivity contribution in [2.24, 2.45) is 5.92 Å². The minimum absolute atomic E-state index is 0.0704. The van der Waals surface area contributed by atoms with E-state index in [-0.39, 0.29) is 6.10 Å². The number of likely N-dealkylation sites (tertiary alicyclic amines) is 1. The van der Waals surface area contributed by atoms with Gasteiger partial charge in [-0.3, -0.25) is 4.90 Å². The van der Waals surface area contributed by atoms with Crippen LogP contribution in [0.5, 0.6) is 0 Å². The fraction of sp³-hybridized carbons (Fsp3) is 1.00. The Balaban J connectivity index is 2.31. The summed E-state index contributed by atoms with van der Waals surface area (Å²) in [6.07, 6.45) is 6.03. The lowest BCUT2D eigenvalue weighted by molar-refractivity contribution is 0.171. The summed E-state index contributed by atoms with van der Waals surface area (Å²) in [5.41, 5.74) is 0. The quantitative estimate of drug-likeness (QED) is 0.733. The molecule has 0 bridgehead atoms. The minimum Gasteiger partial charge on any atom is -0.392 e. The molecule has 0 radical (unpaired) electrons. The molecule has 0 aromatic carbocycles. The molecule has 1 N–H and O–H groups in total. The highest BCUT2D eigenvalue weighted by Gasteiger charge is 2.29. The van der Waals surface area contributed by atoms with Gasteiger partial charge in [0.2, 0.25) is 0 Å². The van der Waals surface area contributed by atoms with Crippen LogP contribution in [0.4, 0.5) is 0 Å². The highest BCUT2D eigenvalue weighted by molar-refractivity contribution is 4.84. The van der Waals surface area contributed by atoms with E-state index in [1.165, 1.54) is 32.2 Å². The van der Waals surface area contributed by atoms with E-state index in [0.29, 0.717) is 6.04 Å². The molecule has 1 heterocycles. The second-order valence-corrected chi connectivity index (χ2v) is 5.36. The maximum atomic E-state index is 9.69. The van der Waals surface area contributed by atoms with Gasteiger partial charge in [-0.15, -0.1) is 0 Å². The fourth-order valence-corrected chi connectivity index (χ4v) is 2.40. The van der Waals surface area contributed by atoms with Crippen molar-refractivity contribution in [1.82, 2.24) is 4.90 Å². The maximum Gasteiger partial charge on any atom is 0.0682 e. The standard InChI is InChI=1S/C13H27NO/c1-4-5-6-12-9-13(15)10-14(12)8-7-11(2)3/h11-13,15H,4-10H2,1-3H3/t12-,13+/m0/s1. The third-order valence-corrected chi connectivity index (χ3v) is 3.39. The van der Waals surface area contributed by atoms with Crippen molar-refractivity contribution < 1.29 is 5.11 Å². The molecule has 2 atom stereocenters. The predicted octanol–water partition coefficient (Wildman–Crippen LogP) is 2.66. The van der Waals surface area contributed by atoms with Crippen molar-refractivity contribution in [2.45, 2.75) is 65.0 Å². The lowest BCUT2D eigenvalue weighted by atomic mass is 10.1. The van der Waals surface area contributed by atoms with E-state index < -0.39 is 0 Å².